The van der Waals surface area contributed by atoms with Gasteiger partial charge in [0.1, 0.15) is 0 Å². The molecule has 1 aliphatic heterocycles. The van der Waals surface area contributed by atoms with Crippen molar-refractivity contribution in [3.05, 3.63) is 0 Å². The summed E-state index contributed by atoms with van der Waals surface area (Å²) in [7, 11) is 0. The predicted molar refractivity (Wildman–Crippen MR) is 63.6 cm³/mol. The summed E-state index contributed by atoms with van der Waals surface area (Å²) in [5.41, 5.74) is 0.717. The van der Waals surface area contributed by atoms with Gasteiger partial charge in [-0.2, -0.15) is 0 Å². The van der Waals surface area contributed by atoms with E-state index in [0.29, 0.717) is 0 Å². The van der Waals surface area contributed by atoms with Crippen molar-refractivity contribution in [2.24, 2.45) is 5.41 Å². The van der Waals surface area contributed by atoms with E-state index in [9.17, 15) is 0 Å². The molecule has 0 aromatic heterocycles. The predicted octanol–water partition coefficient (Wildman–Crippen LogP) is 3.69. The molecule has 1 saturated heterocycles. The number of hydrogen-bond acceptors (Lipinski definition) is 1. The van der Waals surface area contributed by atoms with Crippen LogP contribution >= 0.6 is 0 Å². The minimum Gasteiger partial charge on any atom is -0.304 e. The zero-order valence-corrected chi connectivity index (χ0v) is 10.3. The fourth-order valence-corrected chi connectivity index (χ4v) is 3.03. The molecule has 1 heteroatoms. The van der Waals surface area contributed by atoms with Gasteiger partial charge in [0, 0.05) is 0 Å². The maximum absolute atomic E-state index is 2.60. The Balaban J connectivity index is 2.45. The highest BCUT2D eigenvalue weighted by Crippen LogP contribution is 2.40. The van der Waals surface area contributed by atoms with E-state index in [1.54, 1.807) is 0 Å². The van der Waals surface area contributed by atoms with Crippen molar-refractivity contribution in [3.8, 4) is 0 Å². The second kappa shape index (κ2) is 5.75. The fourth-order valence-electron chi connectivity index (χ4n) is 3.03. The van der Waals surface area contributed by atoms with Crippen LogP contribution in [0.25, 0.3) is 0 Å². The van der Waals surface area contributed by atoms with Gasteiger partial charge in [-0.05, 0) is 50.7 Å². The fraction of sp³-hybridized carbons (Fsp3) is 1.00. The highest BCUT2D eigenvalue weighted by Gasteiger charge is 2.32. The van der Waals surface area contributed by atoms with Crippen molar-refractivity contribution in [1.29, 1.82) is 0 Å². The molecule has 0 N–H and O–H groups in total. The minimum atomic E-state index is 0.717. The SMILES string of the molecule is CCCC1(CCC)CCN(CC)CC1. The topological polar surface area (TPSA) is 3.24 Å². The third-order valence-corrected chi connectivity index (χ3v) is 3.92. The molecule has 1 fully saturated rings. The third kappa shape index (κ3) is 2.98. The van der Waals surface area contributed by atoms with Crippen molar-refractivity contribution in [1.82, 2.24) is 4.90 Å². The van der Waals surface area contributed by atoms with E-state index in [4.69, 9.17) is 0 Å². The van der Waals surface area contributed by atoms with Gasteiger partial charge in [0.2, 0.25) is 0 Å². The number of hydrogen-bond donors (Lipinski definition) is 0. The Hall–Kier alpha value is -0.0400. The van der Waals surface area contributed by atoms with Crippen LogP contribution in [0.2, 0.25) is 0 Å². The third-order valence-electron chi connectivity index (χ3n) is 3.92. The summed E-state index contributed by atoms with van der Waals surface area (Å²) in [6.07, 6.45) is 8.54. The van der Waals surface area contributed by atoms with Gasteiger partial charge in [0.05, 0.1) is 0 Å². The molecule has 0 saturated carbocycles. The molecule has 1 rings (SSSR count). The lowest BCUT2D eigenvalue weighted by Crippen LogP contribution is -2.39. The molecule has 1 heterocycles. The van der Waals surface area contributed by atoms with E-state index in [1.165, 1.54) is 58.2 Å². The lowest BCUT2D eigenvalue weighted by molar-refractivity contribution is 0.0886. The van der Waals surface area contributed by atoms with E-state index in [1.807, 2.05) is 0 Å². The quantitative estimate of drug-likeness (QED) is 0.650. The van der Waals surface area contributed by atoms with Crippen molar-refractivity contribution in [3.63, 3.8) is 0 Å². The van der Waals surface area contributed by atoms with Crippen LogP contribution in [0.1, 0.15) is 59.3 Å². The van der Waals surface area contributed by atoms with E-state index in [0.717, 1.165) is 5.41 Å². The van der Waals surface area contributed by atoms with E-state index in [-0.39, 0.29) is 0 Å². The summed E-state index contributed by atoms with van der Waals surface area (Å²) in [4.78, 5) is 2.60. The Kier molecular flexibility index (Phi) is 4.94. The number of rotatable bonds is 5. The Morgan fingerprint density at radius 1 is 0.929 bits per heavy atom. The Bertz CT molecular complexity index is 137. The summed E-state index contributed by atoms with van der Waals surface area (Å²) >= 11 is 0. The van der Waals surface area contributed by atoms with Gasteiger partial charge in [-0.1, -0.05) is 33.6 Å². The first-order valence-corrected chi connectivity index (χ1v) is 6.48. The normalized spacial score (nSPS) is 22.5. The first-order valence-electron chi connectivity index (χ1n) is 6.48. The Morgan fingerprint density at radius 3 is 1.79 bits per heavy atom. The summed E-state index contributed by atoms with van der Waals surface area (Å²) in [5, 5.41) is 0. The molecule has 1 aliphatic rings. The van der Waals surface area contributed by atoms with Gasteiger partial charge in [-0.3, -0.25) is 0 Å². The monoisotopic (exact) mass is 197 g/mol. The van der Waals surface area contributed by atoms with Crippen LogP contribution in [0, 0.1) is 5.41 Å². The molecule has 84 valence electrons. The standard InChI is InChI=1S/C13H27N/c1-4-7-13(8-5-2)9-11-14(6-3)12-10-13/h4-12H2,1-3H3. The highest BCUT2D eigenvalue weighted by atomic mass is 15.1. The average molecular weight is 197 g/mol. The highest BCUT2D eigenvalue weighted by molar-refractivity contribution is 4.85. The molecule has 0 radical (unpaired) electrons. The number of nitrogens with zero attached hydrogens (tertiary/aromatic N) is 1. The first kappa shape index (κ1) is 12.0. The molecule has 0 bridgehead atoms. The lowest BCUT2D eigenvalue weighted by Gasteiger charge is -2.41. The molecular formula is C13H27N. The largest absolute Gasteiger partial charge is 0.304 e. The molecule has 0 atom stereocenters. The van der Waals surface area contributed by atoms with Crippen LogP contribution in [0.15, 0.2) is 0 Å². The molecule has 0 amide bonds. The van der Waals surface area contributed by atoms with Crippen LogP contribution in [0.3, 0.4) is 0 Å². The van der Waals surface area contributed by atoms with Crippen LogP contribution < -0.4 is 0 Å². The molecule has 0 aromatic rings. The second-order valence-corrected chi connectivity index (χ2v) is 4.93. The Labute approximate surface area is 89.9 Å². The summed E-state index contributed by atoms with van der Waals surface area (Å²) < 4.78 is 0. The van der Waals surface area contributed by atoms with Gasteiger partial charge in [-0.25, -0.2) is 0 Å². The molecule has 0 aromatic carbocycles. The average Bonchev–Trinajstić information content (AvgIpc) is 2.20. The van der Waals surface area contributed by atoms with Crippen LogP contribution in [-0.4, -0.2) is 24.5 Å². The van der Waals surface area contributed by atoms with E-state index in [2.05, 4.69) is 25.7 Å². The molecule has 0 aliphatic carbocycles. The van der Waals surface area contributed by atoms with Gasteiger partial charge < -0.3 is 4.90 Å². The molecular weight excluding hydrogens is 170 g/mol. The molecule has 14 heavy (non-hydrogen) atoms. The Morgan fingerprint density at radius 2 is 1.43 bits per heavy atom. The number of likely N-dealkylation sites (tertiary alicyclic amines) is 1. The lowest BCUT2D eigenvalue weighted by atomic mass is 9.72. The zero-order chi connectivity index (χ0) is 10.4. The van der Waals surface area contributed by atoms with Gasteiger partial charge in [-0.15, -0.1) is 0 Å². The number of piperidine rings is 1. The summed E-state index contributed by atoms with van der Waals surface area (Å²) in [5.74, 6) is 0. The van der Waals surface area contributed by atoms with Crippen LogP contribution in [0.4, 0.5) is 0 Å². The summed E-state index contributed by atoms with van der Waals surface area (Å²) in [6, 6.07) is 0. The summed E-state index contributed by atoms with van der Waals surface area (Å²) in [6.45, 7) is 10.9. The smallest absolute Gasteiger partial charge is 0.00135 e. The first-order chi connectivity index (χ1) is 6.76. The van der Waals surface area contributed by atoms with E-state index < -0.39 is 0 Å². The molecule has 0 unspecified atom stereocenters. The zero-order valence-electron chi connectivity index (χ0n) is 10.3. The van der Waals surface area contributed by atoms with E-state index >= 15 is 0 Å². The van der Waals surface area contributed by atoms with Crippen LogP contribution in [-0.2, 0) is 0 Å². The van der Waals surface area contributed by atoms with Crippen LogP contribution in [0.5, 0.6) is 0 Å². The van der Waals surface area contributed by atoms with Crippen molar-refractivity contribution in [2.75, 3.05) is 19.6 Å². The van der Waals surface area contributed by atoms with Gasteiger partial charge in [0.15, 0.2) is 0 Å². The van der Waals surface area contributed by atoms with Crippen molar-refractivity contribution >= 4 is 0 Å². The van der Waals surface area contributed by atoms with Gasteiger partial charge in [0.25, 0.3) is 0 Å². The second-order valence-electron chi connectivity index (χ2n) is 4.93. The minimum absolute atomic E-state index is 0.717. The molecule has 1 nitrogen and oxygen atoms in total. The van der Waals surface area contributed by atoms with Crippen molar-refractivity contribution in [2.45, 2.75) is 59.3 Å². The molecule has 0 spiro atoms. The maximum Gasteiger partial charge on any atom is -0.00135 e. The maximum atomic E-state index is 2.60. The van der Waals surface area contributed by atoms with Crippen molar-refractivity contribution < 1.29 is 0 Å². The van der Waals surface area contributed by atoms with Gasteiger partial charge >= 0.3 is 0 Å².